The van der Waals surface area contributed by atoms with Crippen molar-refractivity contribution in [3.8, 4) is 5.75 Å². The zero-order valence-corrected chi connectivity index (χ0v) is 24.3. The summed E-state index contributed by atoms with van der Waals surface area (Å²) < 4.78 is 5.82. The minimum Gasteiger partial charge on any atom is -0.489 e. The van der Waals surface area contributed by atoms with Crippen molar-refractivity contribution in [2.24, 2.45) is 4.99 Å². The molecule has 1 amide bonds. The van der Waals surface area contributed by atoms with Gasteiger partial charge in [-0.25, -0.2) is 4.99 Å². The van der Waals surface area contributed by atoms with Gasteiger partial charge in [0.2, 0.25) is 0 Å². The minimum atomic E-state index is -0.437. The smallest absolute Gasteiger partial charge is 0.271 e. The maximum Gasteiger partial charge on any atom is 0.271 e. The number of aryl methyl sites for hydroxylation is 2. The Morgan fingerprint density at radius 2 is 1.59 bits per heavy atom. The second-order valence-electron chi connectivity index (χ2n) is 9.29. The number of amidine groups is 1. The zero-order valence-electron chi connectivity index (χ0n) is 22.0. The van der Waals surface area contributed by atoms with Crippen molar-refractivity contribution in [3.63, 3.8) is 0 Å². The van der Waals surface area contributed by atoms with E-state index in [-0.39, 0.29) is 18.2 Å². The van der Waals surface area contributed by atoms with Crippen LogP contribution in [0, 0.1) is 24.0 Å². The highest BCUT2D eigenvalue weighted by molar-refractivity contribution is 8.19. The fourth-order valence-corrected chi connectivity index (χ4v) is 5.30. The molecule has 0 aliphatic carbocycles. The second-order valence-corrected chi connectivity index (χ2v) is 11.1. The molecule has 1 aliphatic heterocycles. The lowest BCUT2D eigenvalue weighted by molar-refractivity contribution is -0.384. The van der Waals surface area contributed by atoms with Gasteiger partial charge >= 0.3 is 0 Å². The van der Waals surface area contributed by atoms with E-state index in [0.29, 0.717) is 37.2 Å². The molecular weight excluding hydrogens is 581 g/mol. The Kier molecular flexibility index (Phi) is 8.44. The van der Waals surface area contributed by atoms with Gasteiger partial charge < -0.3 is 4.74 Å². The highest BCUT2D eigenvalue weighted by atomic mass is 35.5. The number of amides is 1. The number of carbonyl (C=O) groups excluding carboxylic acids is 1. The molecule has 0 spiro atoms. The molecule has 0 aromatic heterocycles. The number of nitrogens with zero attached hydrogens (tertiary/aromatic N) is 3. The molecule has 4 aromatic carbocycles. The number of hydrogen-bond donors (Lipinski definition) is 0. The number of thioether (sulfide) groups is 1. The first kappa shape index (κ1) is 28.4. The Morgan fingerprint density at radius 3 is 2.22 bits per heavy atom. The molecule has 5 rings (SSSR count). The monoisotopic (exact) mass is 603 g/mol. The van der Waals surface area contributed by atoms with Crippen molar-refractivity contribution in [1.29, 1.82) is 0 Å². The van der Waals surface area contributed by atoms with Crippen LogP contribution in [0.2, 0.25) is 10.0 Å². The van der Waals surface area contributed by atoms with Crippen LogP contribution in [0.15, 0.2) is 94.8 Å². The summed E-state index contributed by atoms with van der Waals surface area (Å²) in [7, 11) is 0. The summed E-state index contributed by atoms with van der Waals surface area (Å²) in [4.78, 5) is 30.8. The molecule has 0 bridgehead atoms. The maximum atomic E-state index is 13.6. The number of nitro groups is 1. The predicted molar refractivity (Wildman–Crippen MR) is 166 cm³/mol. The van der Waals surface area contributed by atoms with E-state index in [0.717, 1.165) is 22.3 Å². The maximum absolute atomic E-state index is 13.6. The van der Waals surface area contributed by atoms with E-state index in [9.17, 15) is 14.9 Å². The van der Waals surface area contributed by atoms with Crippen molar-refractivity contribution in [2.75, 3.05) is 4.90 Å². The molecule has 1 fully saturated rings. The molecule has 0 atom stereocenters. The highest BCUT2D eigenvalue weighted by Crippen LogP contribution is 2.39. The number of nitro benzene ring substituents is 1. The van der Waals surface area contributed by atoms with Crippen molar-refractivity contribution in [1.82, 2.24) is 0 Å². The number of non-ortho nitro benzene ring substituents is 1. The molecule has 0 radical (unpaired) electrons. The van der Waals surface area contributed by atoms with Crippen molar-refractivity contribution in [2.45, 2.75) is 20.5 Å². The molecule has 7 nitrogen and oxygen atoms in total. The Bertz CT molecular complexity index is 1700. The van der Waals surface area contributed by atoms with Gasteiger partial charge in [-0.3, -0.25) is 19.8 Å². The second kappa shape index (κ2) is 12.2. The summed E-state index contributed by atoms with van der Waals surface area (Å²) in [5, 5.41) is 12.5. The lowest BCUT2D eigenvalue weighted by Crippen LogP contribution is -2.28. The standard InChI is InChI=1S/C31H23Cl2N3O4S/c1-19-3-9-23(16-27(19)32)34-31-35(25-10-4-20(2)28(33)17-25)30(37)29(41-31)15-21-7-13-26(14-8-21)40-18-22-5-11-24(12-6-22)36(38)39/h3-17H,18H2,1-2H3/b29-15+,34-31?. The third-order valence-corrected chi connectivity index (χ3v) is 8.11. The first-order valence-corrected chi connectivity index (χ1v) is 14.1. The normalized spacial score (nSPS) is 15.1. The Balaban J connectivity index is 1.38. The van der Waals surface area contributed by atoms with Gasteiger partial charge in [0, 0.05) is 22.2 Å². The van der Waals surface area contributed by atoms with Gasteiger partial charge in [-0.15, -0.1) is 0 Å². The van der Waals surface area contributed by atoms with Crippen LogP contribution in [-0.2, 0) is 11.4 Å². The first-order chi connectivity index (χ1) is 19.7. The topological polar surface area (TPSA) is 85.0 Å². The van der Waals surface area contributed by atoms with E-state index in [4.69, 9.17) is 32.9 Å². The largest absolute Gasteiger partial charge is 0.489 e. The van der Waals surface area contributed by atoms with Crippen molar-refractivity contribution < 1.29 is 14.5 Å². The summed E-state index contributed by atoms with van der Waals surface area (Å²) in [6, 6.07) is 24.5. The quantitative estimate of drug-likeness (QED) is 0.120. The zero-order chi connectivity index (χ0) is 29.1. The molecule has 206 valence electrons. The molecule has 0 N–H and O–H groups in total. The molecule has 41 heavy (non-hydrogen) atoms. The van der Waals surface area contributed by atoms with Crippen molar-refractivity contribution in [3.05, 3.63) is 132 Å². The molecule has 4 aromatic rings. The number of rotatable bonds is 7. The number of anilines is 1. The fraction of sp³-hybridized carbons (Fsp3) is 0.0968. The molecule has 0 unspecified atom stereocenters. The lowest BCUT2D eigenvalue weighted by Gasteiger charge is -2.16. The van der Waals surface area contributed by atoms with E-state index in [2.05, 4.69) is 0 Å². The molecule has 1 heterocycles. The van der Waals surface area contributed by atoms with Gasteiger partial charge in [0.05, 0.1) is 21.2 Å². The van der Waals surface area contributed by atoms with Crippen LogP contribution in [0.1, 0.15) is 22.3 Å². The Hall–Kier alpha value is -4.11. The van der Waals surface area contributed by atoms with Gasteiger partial charge in [-0.05, 0) is 102 Å². The molecule has 1 aliphatic rings. The fourth-order valence-electron chi connectivity index (χ4n) is 3.95. The van der Waals surface area contributed by atoms with Gasteiger partial charge in [0.25, 0.3) is 11.6 Å². The number of ether oxygens (including phenoxy) is 1. The lowest BCUT2D eigenvalue weighted by atomic mass is 10.2. The SMILES string of the molecule is Cc1ccc(N=C2S/C(=C/c3ccc(OCc4ccc([N+](=O)[O-])cc4)cc3)C(=O)N2c2ccc(C)c(Cl)c2)cc1Cl. The highest BCUT2D eigenvalue weighted by Gasteiger charge is 2.35. The Morgan fingerprint density at radius 1 is 0.927 bits per heavy atom. The number of halogens is 2. The third-order valence-electron chi connectivity index (χ3n) is 6.33. The van der Waals surface area contributed by atoms with Crippen LogP contribution < -0.4 is 9.64 Å². The number of carbonyl (C=O) groups is 1. The average molecular weight is 605 g/mol. The van der Waals surface area contributed by atoms with Gasteiger partial charge in [-0.1, -0.05) is 47.5 Å². The first-order valence-electron chi connectivity index (χ1n) is 12.5. The molecular formula is C31H23Cl2N3O4S. The molecule has 0 saturated carbocycles. The van der Waals surface area contributed by atoms with Crippen LogP contribution in [0.25, 0.3) is 6.08 Å². The summed E-state index contributed by atoms with van der Waals surface area (Å²) in [6.07, 6.45) is 1.81. The summed E-state index contributed by atoms with van der Waals surface area (Å²) in [6.45, 7) is 4.09. The van der Waals surface area contributed by atoms with Gasteiger partial charge in [-0.2, -0.15) is 0 Å². The number of benzene rings is 4. The number of aliphatic imine (C=N–C) groups is 1. The van der Waals surface area contributed by atoms with Gasteiger partial charge in [0.1, 0.15) is 12.4 Å². The van der Waals surface area contributed by atoms with Crippen molar-refractivity contribution >= 4 is 69.2 Å². The van der Waals surface area contributed by atoms with Crippen LogP contribution >= 0.6 is 35.0 Å². The van der Waals surface area contributed by atoms with Crippen LogP contribution in [0.3, 0.4) is 0 Å². The summed E-state index contributed by atoms with van der Waals surface area (Å²) >= 11 is 14.0. The molecule has 1 saturated heterocycles. The van der Waals surface area contributed by atoms with Crippen LogP contribution in [0.4, 0.5) is 17.1 Å². The van der Waals surface area contributed by atoms with Crippen LogP contribution in [-0.4, -0.2) is 16.0 Å². The number of hydrogen-bond acceptors (Lipinski definition) is 6. The minimum absolute atomic E-state index is 0.0328. The van der Waals surface area contributed by atoms with E-state index in [1.807, 2.05) is 62.4 Å². The van der Waals surface area contributed by atoms with Crippen LogP contribution in [0.5, 0.6) is 5.75 Å². The van der Waals surface area contributed by atoms with E-state index in [1.54, 1.807) is 35.2 Å². The summed E-state index contributed by atoms with van der Waals surface area (Å²) in [5.74, 6) is 0.413. The third kappa shape index (κ3) is 6.62. The van der Waals surface area contributed by atoms with E-state index >= 15 is 0 Å². The van der Waals surface area contributed by atoms with E-state index < -0.39 is 4.92 Å². The predicted octanol–water partition coefficient (Wildman–Crippen LogP) is 8.91. The Labute approximate surface area is 251 Å². The summed E-state index contributed by atoms with van der Waals surface area (Å²) in [5.41, 5.74) is 4.75. The average Bonchev–Trinajstić information content (AvgIpc) is 3.26. The van der Waals surface area contributed by atoms with E-state index in [1.165, 1.54) is 23.9 Å². The molecule has 10 heteroatoms. The van der Waals surface area contributed by atoms with Gasteiger partial charge in [0.15, 0.2) is 5.17 Å².